The van der Waals surface area contributed by atoms with E-state index in [1.54, 1.807) is 12.1 Å². The standard InChI is InChI=1S/C16H16BrF2NO/c1-10(2-3-11-4-6-12(21)7-5-11)20-16-8-13(17)14(18)9-15(16)19/h4-10,20-21H,2-3H2,1H3. The summed E-state index contributed by atoms with van der Waals surface area (Å²) < 4.78 is 27.0. The molecule has 0 fully saturated rings. The molecule has 0 saturated heterocycles. The lowest BCUT2D eigenvalue weighted by molar-refractivity contribution is 0.475. The largest absolute Gasteiger partial charge is 0.508 e. The number of anilines is 1. The molecule has 21 heavy (non-hydrogen) atoms. The molecule has 112 valence electrons. The van der Waals surface area contributed by atoms with Crippen LogP contribution in [0.15, 0.2) is 40.9 Å². The van der Waals surface area contributed by atoms with Gasteiger partial charge in [0, 0.05) is 12.1 Å². The number of rotatable bonds is 5. The van der Waals surface area contributed by atoms with Crippen LogP contribution in [-0.4, -0.2) is 11.1 Å². The fourth-order valence-electron chi connectivity index (χ4n) is 2.02. The summed E-state index contributed by atoms with van der Waals surface area (Å²) in [6.45, 7) is 1.94. The number of aryl methyl sites for hydroxylation is 1. The minimum atomic E-state index is -0.616. The number of nitrogens with one attached hydrogen (secondary N) is 1. The first-order valence-electron chi connectivity index (χ1n) is 6.64. The van der Waals surface area contributed by atoms with Gasteiger partial charge in [-0.05, 0) is 59.5 Å². The van der Waals surface area contributed by atoms with Crippen molar-refractivity contribution in [2.45, 2.75) is 25.8 Å². The van der Waals surface area contributed by atoms with Crippen molar-refractivity contribution in [2.24, 2.45) is 0 Å². The summed E-state index contributed by atoms with van der Waals surface area (Å²) in [6, 6.07) is 9.30. The van der Waals surface area contributed by atoms with Crippen LogP contribution in [0.25, 0.3) is 0 Å². The Morgan fingerprint density at radius 2 is 1.81 bits per heavy atom. The van der Waals surface area contributed by atoms with E-state index in [9.17, 15) is 13.9 Å². The number of phenols is 1. The van der Waals surface area contributed by atoms with Gasteiger partial charge in [-0.15, -0.1) is 0 Å². The lowest BCUT2D eigenvalue weighted by Gasteiger charge is -2.16. The van der Waals surface area contributed by atoms with Crippen LogP contribution in [0.5, 0.6) is 5.75 Å². The van der Waals surface area contributed by atoms with E-state index in [2.05, 4.69) is 21.2 Å². The molecule has 2 nitrogen and oxygen atoms in total. The molecule has 0 amide bonds. The van der Waals surface area contributed by atoms with Crippen LogP contribution in [0.2, 0.25) is 0 Å². The van der Waals surface area contributed by atoms with Crippen LogP contribution in [-0.2, 0) is 6.42 Å². The van der Waals surface area contributed by atoms with Crippen LogP contribution in [0.3, 0.4) is 0 Å². The number of benzene rings is 2. The van der Waals surface area contributed by atoms with E-state index in [4.69, 9.17) is 0 Å². The molecular formula is C16H16BrF2NO. The van der Waals surface area contributed by atoms with Crippen LogP contribution < -0.4 is 5.32 Å². The Balaban J connectivity index is 1.94. The lowest BCUT2D eigenvalue weighted by atomic mass is 10.1. The van der Waals surface area contributed by atoms with Gasteiger partial charge in [-0.2, -0.15) is 0 Å². The van der Waals surface area contributed by atoms with E-state index in [1.165, 1.54) is 6.07 Å². The second-order valence-corrected chi connectivity index (χ2v) is 5.85. The summed E-state index contributed by atoms with van der Waals surface area (Å²) in [6.07, 6.45) is 1.59. The maximum atomic E-state index is 13.6. The predicted octanol–water partition coefficient (Wildman–Crippen LogP) is 4.87. The molecule has 0 radical (unpaired) electrons. The minimum Gasteiger partial charge on any atom is -0.508 e. The fourth-order valence-corrected chi connectivity index (χ4v) is 2.36. The summed E-state index contributed by atoms with van der Waals surface area (Å²) >= 11 is 3.05. The Hall–Kier alpha value is -1.62. The van der Waals surface area contributed by atoms with Gasteiger partial charge in [0.2, 0.25) is 0 Å². The molecule has 2 aromatic rings. The van der Waals surface area contributed by atoms with Gasteiger partial charge in [0.25, 0.3) is 0 Å². The first-order valence-corrected chi connectivity index (χ1v) is 7.44. The highest BCUT2D eigenvalue weighted by molar-refractivity contribution is 9.10. The molecule has 1 atom stereocenters. The van der Waals surface area contributed by atoms with Crippen molar-refractivity contribution in [2.75, 3.05) is 5.32 Å². The zero-order valence-corrected chi connectivity index (χ0v) is 13.1. The van der Waals surface area contributed by atoms with Crippen molar-refractivity contribution in [3.05, 3.63) is 58.1 Å². The van der Waals surface area contributed by atoms with Crippen molar-refractivity contribution in [1.82, 2.24) is 0 Å². The zero-order valence-electron chi connectivity index (χ0n) is 11.5. The third kappa shape index (κ3) is 4.43. The minimum absolute atomic E-state index is 0.0330. The molecule has 2 aromatic carbocycles. The van der Waals surface area contributed by atoms with Gasteiger partial charge in [-0.1, -0.05) is 12.1 Å². The second kappa shape index (κ2) is 6.89. The number of phenolic OH excluding ortho intramolecular Hbond substituents is 1. The smallest absolute Gasteiger partial charge is 0.149 e. The Morgan fingerprint density at radius 1 is 1.14 bits per heavy atom. The molecule has 5 heteroatoms. The second-order valence-electron chi connectivity index (χ2n) is 5.00. The third-order valence-corrected chi connectivity index (χ3v) is 3.82. The Kier molecular flexibility index (Phi) is 5.17. The van der Waals surface area contributed by atoms with E-state index in [0.29, 0.717) is 0 Å². The average Bonchev–Trinajstić information content (AvgIpc) is 2.44. The van der Waals surface area contributed by atoms with E-state index < -0.39 is 11.6 Å². The zero-order chi connectivity index (χ0) is 15.4. The maximum absolute atomic E-state index is 13.6. The first kappa shape index (κ1) is 15.8. The predicted molar refractivity (Wildman–Crippen MR) is 83.6 cm³/mol. The van der Waals surface area contributed by atoms with Gasteiger partial charge in [-0.25, -0.2) is 8.78 Å². The van der Waals surface area contributed by atoms with Crippen LogP contribution in [0, 0.1) is 11.6 Å². The molecule has 0 aliphatic heterocycles. The summed E-state index contributed by atoms with van der Waals surface area (Å²) in [4.78, 5) is 0. The summed E-state index contributed by atoms with van der Waals surface area (Å²) in [7, 11) is 0. The molecule has 2 rings (SSSR count). The van der Waals surface area contributed by atoms with E-state index in [1.807, 2.05) is 19.1 Å². The molecular weight excluding hydrogens is 340 g/mol. The van der Waals surface area contributed by atoms with Crippen LogP contribution in [0.1, 0.15) is 18.9 Å². The van der Waals surface area contributed by atoms with Gasteiger partial charge in [0.1, 0.15) is 17.4 Å². The highest BCUT2D eigenvalue weighted by Crippen LogP contribution is 2.24. The van der Waals surface area contributed by atoms with Crippen molar-refractivity contribution < 1.29 is 13.9 Å². The lowest BCUT2D eigenvalue weighted by Crippen LogP contribution is -2.17. The number of aromatic hydroxyl groups is 1. The van der Waals surface area contributed by atoms with Crippen molar-refractivity contribution in [1.29, 1.82) is 0 Å². The Bertz CT molecular complexity index is 616. The summed E-state index contributed by atoms with van der Waals surface area (Å²) in [5, 5.41) is 12.3. The first-order chi connectivity index (χ1) is 9.95. The molecule has 1 unspecified atom stereocenters. The SMILES string of the molecule is CC(CCc1ccc(O)cc1)Nc1cc(Br)c(F)cc1F. The summed E-state index contributed by atoms with van der Waals surface area (Å²) in [5.74, 6) is -0.981. The van der Waals surface area contributed by atoms with Crippen molar-refractivity contribution >= 4 is 21.6 Å². The van der Waals surface area contributed by atoms with Crippen LogP contribution >= 0.6 is 15.9 Å². The topological polar surface area (TPSA) is 32.3 Å². The number of hydrogen-bond acceptors (Lipinski definition) is 2. The molecule has 0 heterocycles. The van der Waals surface area contributed by atoms with Gasteiger partial charge in [0.05, 0.1) is 10.2 Å². The van der Waals surface area contributed by atoms with E-state index in [0.717, 1.165) is 24.5 Å². The van der Waals surface area contributed by atoms with Crippen molar-refractivity contribution in [3.8, 4) is 5.75 Å². The van der Waals surface area contributed by atoms with Gasteiger partial charge >= 0.3 is 0 Å². The summed E-state index contributed by atoms with van der Waals surface area (Å²) in [5.41, 5.74) is 1.38. The number of halogens is 3. The fraction of sp³-hybridized carbons (Fsp3) is 0.250. The Labute approximate surface area is 130 Å². The molecule has 0 aliphatic rings. The van der Waals surface area contributed by atoms with Gasteiger partial charge in [-0.3, -0.25) is 0 Å². The molecule has 0 bridgehead atoms. The third-order valence-electron chi connectivity index (χ3n) is 3.21. The molecule has 2 N–H and O–H groups in total. The monoisotopic (exact) mass is 355 g/mol. The van der Waals surface area contributed by atoms with E-state index in [-0.39, 0.29) is 22.0 Å². The van der Waals surface area contributed by atoms with E-state index >= 15 is 0 Å². The highest BCUT2D eigenvalue weighted by atomic mass is 79.9. The van der Waals surface area contributed by atoms with Gasteiger partial charge < -0.3 is 10.4 Å². The Morgan fingerprint density at radius 3 is 2.48 bits per heavy atom. The van der Waals surface area contributed by atoms with Crippen molar-refractivity contribution in [3.63, 3.8) is 0 Å². The van der Waals surface area contributed by atoms with Crippen LogP contribution in [0.4, 0.5) is 14.5 Å². The molecule has 0 aromatic heterocycles. The highest BCUT2D eigenvalue weighted by Gasteiger charge is 2.10. The quantitative estimate of drug-likeness (QED) is 0.750. The average molecular weight is 356 g/mol. The molecule has 0 saturated carbocycles. The van der Waals surface area contributed by atoms with Gasteiger partial charge in [0.15, 0.2) is 0 Å². The normalized spacial score (nSPS) is 12.2. The number of hydrogen-bond donors (Lipinski definition) is 2. The maximum Gasteiger partial charge on any atom is 0.149 e. The molecule has 0 aliphatic carbocycles. The molecule has 0 spiro atoms.